The first kappa shape index (κ1) is 18.5. The third kappa shape index (κ3) is 4.68. The molecule has 4 nitrogen and oxygen atoms in total. The lowest BCUT2D eigenvalue weighted by atomic mass is 10.1. The second kappa shape index (κ2) is 7.98. The Morgan fingerprint density at radius 1 is 1.12 bits per heavy atom. The number of rotatable bonds is 5. The van der Waals surface area contributed by atoms with E-state index in [4.69, 9.17) is 11.6 Å². The zero-order valence-electron chi connectivity index (χ0n) is 14.6. The van der Waals surface area contributed by atoms with E-state index in [1.165, 1.54) is 11.8 Å². The number of benzene rings is 2. The number of aromatic amines is 1. The molecule has 0 aliphatic carbocycles. The van der Waals surface area contributed by atoms with Gasteiger partial charge in [0.1, 0.15) is 0 Å². The molecule has 0 spiro atoms. The summed E-state index contributed by atoms with van der Waals surface area (Å²) in [5, 5.41) is 4.01. The van der Waals surface area contributed by atoms with E-state index >= 15 is 0 Å². The Hall–Kier alpha value is -2.24. The number of hydrogen-bond donors (Lipinski definition) is 2. The van der Waals surface area contributed by atoms with Crippen LogP contribution in [0.4, 0.5) is 5.69 Å². The van der Waals surface area contributed by atoms with Gasteiger partial charge in [-0.05, 0) is 55.3 Å². The maximum atomic E-state index is 12.2. The normalized spacial score (nSPS) is 10.9. The van der Waals surface area contributed by atoms with Crippen molar-refractivity contribution in [2.24, 2.45) is 0 Å². The van der Waals surface area contributed by atoms with Crippen LogP contribution in [0, 0.1) is 13.8 Å². The minimum atomic E-state index is -0.0727. The van der Waals surface area contributed by atoms with Gasteiger partial charge in [0.15, 0.2) is 5.43 Å². The lowest BCUT2D eigenvalue weighted by Gasteiger charge is -2.08. The minimum absolute atomic E-state index is 0.0603. The molecule has 0 fully saturated rings. The second-order valence-electron chi connectivity index (χ2n) is 6.27. The molecule has 0 saturated heterocycles. The van der Waals surface area contributed by atoms with E-state index in [-0.39, 0.29) is 11.3 Å². The van der Waals surface area contributed by atoms with Crippen LogP contribution in [-0.2, 0) is 10.5 Å². The van der Waals surface area contributed by atoms with E-state index < -0.39 is 0 Å². The second-order valence-corrected chi connectivity index (χ2v) is 7.69. The average Bonchev–Trinajstić information content (AvgIpc) is 2.54. The zero-order chi connectivity index (χ0) is 18.7. The van der Waals surface area contributed by atoms with E-state index in [0.29, 0.717) is 21.9 Å². The van der Waals surface area contributed by atoms with Crippen LogP contribution in [0.1, 0.15) is 16.8 Å². The van der Waals surface area contributed by atoms with Gasteiger partial charge in [0.25, 0.3) is 0 Å². The molecule has 0 aliphatic rings. The van der Waals surface area contributed by atoms with Crippen LogP contribution in [-0.4, -0.2) is 16.6 Å². The Morgan fingerprint density at radius 3 is 2.58 bits per heavy atom. The molecular formula is C20H19ClN2O2S. The number of H-pyrrole nitrogens is 1. The predicted octanol–water partition coefficient (Wildman–Crippen LogP) is 4.67. The number of aromatic nitrogens is 1. The Labute approximate surface area is 161 Å². The largest absolute Gasteiger partial charge is 0.357 e. The summed E-state index contributed by atoms with van der Waals surface area (Å²) in [6.07, 6.45) is 0. The zero-order valence-corrected chi connectivity index (χ0v) is 16.1. The van der Waals surface area contributed by atoms with Gasteiger partial charge in [-0.3, -0.25) is 9.59 Å². The summed E-state index contributed by atoms with van der Waals surface area (Å²) in [4.78, 5) is 27.5. The van der Waals surface area contributed by atoms with E-state index in [2.05, 4.69) is 16.4 Å². The fourth-order valence-corrected chi connectivity index (χ4v) is 3.76. The first-order valence-electron chi connectivity index (χ1n) is 8.18. The van der Waals surface area contributed by atoms with E-state index in [9.17, 15) is 9.59 Å². The van der Waals surface area contributed by atoms with Gasteiger partial charge >= 0.3 is 0 Å². The maximum absolute atomic E-state index is 12.2. The number of nitrogens with one attached hydrogen (secondary N) is 2. The van der Waals surface area contributed by atoms with Crippen molar-refractivity contribution in [2.45, 2.75) is 19.6 Å². The predicted molar refractivity (Wildman–Crippen MR) is 110 cm³/mol. The summed E-state index contributed by atoms with van der Waals surface area (Å²) in [6.45, 7) is 4.00. The molecule has 0 radical (unpaired) electrons. The van der Waals surface area contributed by atoms with Crippen molar-refractivity contribution in [1.29, 1.82) is 0 Å². The number of carbonyl (C=O) groups is 1. The fraction of sp³-hybridized carbons (Fsp3) is 0.200. The van der Waals surface area contributed by atoms with E-state index in [1.54, 1.807) is 24.3 Å². The number of hydrogen-bond acceptors (Lipinski definition) is 3. The molecule has 1 aromatic heterocycles. The van der Waals surface area contributed by atoms with Gasteiger partial charge in [-0.15, -0.1) is 11.8 Å². The molecule has 1 amide bonds. The van der Waals surface area contributed by atoms with Crippen LogP contribution >= 0.6 is 23.4 Å². The van der Waals surface area contributed by atoms with Crippen LogP contribution in [0.3, 0.4) is 0 Å². The SMILES string of the molecule is Cc1cc(C)cc(NC(=O)CSCc2cc(=O)c3cc(Cl)ccc3[nH]2)c1. The topological polar surface area (TPSA) is 62.0 Å². The van der Waals surface area contributed by atoms with Crippen molar-refractivity contribution >= 4 is 45.9 Å². The van der Waals surface area contributed by atoms with Crippen LogP contribution in [0.15, 0.2) is 47.3 Å². The molecule has 0 bridgehead atoms. The van der Waals surface area contributed by atoms with Gasteiger partial charge in [0.05, 0.1) is 5.75 Å². The lowest BCUT2D eigenvalue weighted by Crippen LogP contribution is -2.14. The van der Waals surface area contributed by atoms with Crippen molar-refractivity contribution in [2.75, 3.05) is 11.1 Å². The van der Waals surface area contributed by atoms with Gasteiger partial charge < -0.3 is 10.3 Å². The smallest absolute Gasteiger partial charge is 0.234 e. The minimum Gasteiger partial charge on any atom is -0.357 e. The standard InChI is InChI=1S/C20H19ClN2O2S/c1-12-5-13(2)7-15(6-12)23-20(25)11-26-10-16-9-19(24)17-8-14(21)3-4-18(17)22-16/h3-9H,10-11H2,1-2H3,(H,22,24)(H,23,25). The number of fused-ring (bicyclic) bond motifs is 1. The Bertz CT molecular complexity index is 1010. The molecule has 2 aromatic carbocycles. The molecule has 0 saturated carbocycles. The Morgan fingerprint density at radius 2 is 1.85 bits per heavy atom. The highest BCUT2D eigenvalue weighted by molar-refractivity contribution is 7.99. The number of pyridine rings is 1. The number of thioether (sulfide) groups is 1. The highest BCUT2D eigenvalue weighted by Crippen LogP contribution is 2.18. The van der Waals surface area contributed by atoms with Crippen LogP contribution < -0.4 is 10.7 Å². The van der Waals surface area contributed by atoms with Crippen molar-refractivity contribution < 1.29 is 4.79 Å². The fourth-order valence-electron chi connectivity index (χ4n) is 2.85. The van der Waals surface area contributed by atoms with Crippen molar-refractivity contribution in [3.8, 4) is 0 Å². The van der Waals surface area contributed by atoms with Crippen molar-refractivity contribution in [1.82, 2.24) is 4.98 Å². The molecule has 6 heteroatoms. The molecule has 0 aliphatic heterocycles. The van der Waals surface area contributed by atoms with Gasteiger partial charge in [0, 0.05) is 39.1 Å². The molecule has 3 rings (SSSR count). The summed E-state index contributed by atoms with van der Waals surface area (Å²) in [6, 6.07) is 12.7. The summed E-state index contributed by atoms with van der Waals surface area (Å²) >= 11 is 7.39. The highest BCUT2D eigenvalue weighted by Gasteiger charge is 2.07. The molecular weight excluding hydrogens is 368 g/mol. The summed E-state index contributed by atoms with van der Waals surface area (Å²) in [7, 11) is 0. The number of aryl methyl sites for hydroxylation is 2. The highest BCUT2D eigenvalue weighted by atomic mass is 35.5. The van der Waals surface area contributed by atoms with E-state index in [1.807, 2.05) is 26.0 Å². The molecule has 1 heterocycles. The van der Waals surface area contributed by atoms with Gasteiger partial charge in [-0.1, -0.05) is 17.7 Å². The number of amides is 1. The Kier molecular flexibility index (Phi) is 5.69. The molecule has 3 aromatic rings. The molecule has 0 unspecified atom stereocenters. The Balaban J connectivity index is 1.61. The van der Waals surface area contributed by atoms with Crippen molar-refractivity contribution in [3.05, 3.63) is 74.5 Å². The van der Waals surface area contributed by atoms with Crippen molar-refractivity contribution in [3.63, 3.8) is 0 Å². The van der Waals surface area contributed by atoms with Crippen LogP contribution in [0.2, 0.25) is 5.02 Å². The maximum Gasteiger partial charge on any atom is 0.234 e. The molecule has 0 atom stereocenters. The average molecular weight is 387 g/mol. The van der Waals surface area contributed by atoms with Crippen LogP contribution in [0.25, 0.3) is 10.9 Å². The third-order valence-corrected chi connectivity index (χ3v) is 5.06. The first-order valence-corrected chi connectivity index (χ1v) is 9.71. The molecule has 134 valence electrons. The molecule has 26 heavy (non-hydrogen) atoms. The monoisotopic (exact) mass is 386 g/mol. The first-order chi connectivity index (χ1) is 12.4. The van der Waals surface area contributed by atoms with Gasteiger partial charge in [-0.2, -0.15) is 0 Å². The summed E-state index contributed by atoms with van der Waals surface area (Å²) in [5.74, 6) is 0.803. The number of anilines is 1. The number of carbonyl (C=O) groups excluding carboxylic acids is 1. The summed E-state index contributed by atoms with van der Waals surface area (Å²) < 4.78 is 0. The summed E-state index contributed by atoms with van der Waals surface area (Å²) in [5.41, 5.74) is 4.50. The third-order valence-electron chi connectivity index (χ3n) is 3.84. The number of halogens is 1. The van der Waals surface area contributed by atoms with Gasteiger partial charge in [0.2, 0.25) is 5.91 Å². The lowest BCUT2D eigenvalue weighted by molar-refractivity contribution is -0.113. The molecule has 2 N–H and O–H groups in total. The van der Waals surface area contributed by atoms with Gasteiger partial charge in [-0.25, -0.2) is 0 Å². The van der Waals surface area contributed by atoms with Crippen LogP contribution in [0.5, 0.6) is 0 Å². The van der Waals surface area contributed by atoms with E-state index in [0.717, 1.165) is 28.0 Å². The quantitative estimate of drug-likeness (QED) is 0.669.